The highest BCUT2D eigenvalue weighted by atomic mass is 32.2. The highest BCUT2D eigenvalue weighted by molar-refractivity contribution is 7.99. The maximum atomic E-state index is 15.5. The fourth-order valence-electron chi connectivity index (χ4n) is 5.28. The average molecular weight is 605 g/mol. The molecule has 2 heterocycles. The zero-order valence-electron chi connectivity index (χ0n) is 22.1. The lowest BCUT2D eigenvalue weighted by Crippen LogP contribution is -2.30. The van der Waals surface area contributed by atoms with Crippen molar-refractivity contribution in [3.63, 3.8) is 0 Å². The Balaban J connectivity index is 1.77. The van der Waals surface area contributed by atoms with Gasteiger partial charge in [0, 0.05) is 23.3 Å². The number of hydrogen-bond acceptors (Lipinski definition) is 5. The predicted molar refractivity (Wildman–Crippen MR) is 146 cm³/mol. The lowest BCUT2D eigenvalue weighted by atomic mass is 9.93. The van der Waals surface area contributed by atoms with Gasteiger partial charge >= 0.3 is 6.18 Å². The van der Waals surface area contributed by atoms with Crippen LogP contribution < -0.4 is 10.3 Å². The molecular weight excluding hydrogens is 582 g/mol. The van der Waals surface area contributed by atoms with Gasteiger partial charge in [-0.1, -0.05) is 35.5 Å². The molecule has 5 rings (SSSR count). The van der Waals surface area contributed by atoms with Crippen LogP contribution in [0.5, 0.6) is 5.75 Å². The molecule has 1 aromatic heterocycles. The summed E-state index contributed by atoms with van der Waals surface area (Å²) in [5, 5.41) is 3.37. The number of rotatable bonds is 7. The highest BCUT2D eigenvalue weighted by Gasteiger charge is 2.39. The molecular formula is C30H22F6N2O3S. The number of pyridine rings is 1. The molecule has 0 aliphatic carbocycles. The molecule has 1 aliphatic heterocycles. The van der Waals surface area contributed by atoms with Gasteiger partial charge < -0.3 is 4.74 Å². The summed E-state index contributed by atoms with van der Waals surface area (Å²) in [7, 11) is 1.25. The summed E-state index contributed by atoms with van der Waals surface area (Å²) in [5.41, 5.74) is -1.81. The number of nitroso groups, excluding NO2 is 1. The largest absolute Gasteiger partial charge is 0.494 e. The van der Waals surface area contributed by atoms with Crippen LogP contribution in [-0.2, 0) is 12.6 Å². The molecule has 0 radical (unpaired) electrons. The second-order valence-corrected chi connectivity index (χ2v) is 10.7. The van der Waals surface area contributed by atoms with Gasteiger partial charge in [-0.2, -0.15) is 18.1 Å². The summed E-state index contributed by atoms with van der Waals surface area (Å²) in [5.74, 6) is -2.62. The van der Waals surface area contributed by atoms with Gasteiger partial charge in [0.1, 0.15) is 17.7 Å². The van der Waals surface area contributed by atoms with E-state index in [1.54, 1.807) is 0 Å². The predicted octanol–water partition coefficient (Wildman–Crippen LogP) is 8.01. The number of alkyl halides is 3. The zero-order valence-corrected chi connectivity index (χ0v) is 23.0. The van der Waals surface area contributed by atoms with Gasteiger partial charge in [0.05, 0.1) is 29.3 Å². The minimum Gasteiger partial charge on any atom is -0.494 e. The van der Waals surface area contributed by atoms with Crippen molar-refractivity contribution < 1.29 is 31.1 Å². The van der Waals surface area contributed by atoms with E-state index in [2.05, 4.69) is 5.18 Å². The van der Waals surface area contributed by atoms with E-state index in [1.165, 1.54) is 48.9 Å². The molecule has 0 spiro atoms. The fraction of sp³-hybridized carbons (Fsp3) is 0.233. The van der Waals surface area contributed by atoms with Crippen molar-refractivity contribution in [2.75, 3.05) is 12.9 Å². The number of aromatic nitrogens is 1. The first kappa shape index (κ1) is 29.4. The Labute approximate surface area is 240 Å². The monoisotopic (exact) mass is 604 g/mol. The Kier molecular flexibility index (Phi) is 7.93. The second-order valence-electron chi connectivity index (χ2n) is 9.71. The number of nitrogens with zero attached hydrogens (tertiary/aromatic N) is 2. The first-order valence-electron chi connectivity index (χ1n) is 12.6. The third-order valence-electron chi connectivity index (χ3n) is 7.36. The van der Waals surface area contributed by atoms with Crippen molar-refractivity contribution in [3.8, 4) is 16.9 Å². The zero-order chi connectivity index (χ0) is 30.3. The number of methoxy groups -OCH3 is 1. The Morgan fingerprint density at radius 1 is 1.02 bits per heavy atom. The number of ether oxygens (including phenoxy) is 1. The molecule has 2 atom stereocenters. The van der Waals surface area contributed by atoms with Gasteiger partial charge in [-0.25, -0.2) is 13.2 Å². The van der Waals surface area contributed by atoms with Crippen molar-refractivity contribution in [1.82, 2.24) is 4.57 Å². The van der Waals surface area contributed by atoms with Crippen LogP contribution in [0.2, 0.25) is 0 Å². The van der Waals surface area contributed by atoms with E-state index in [4.69, 9.17) is 4.74 Å². The van der Waals surface area contributed by atoms with Gasteiger partial charge in [0.2, 0.25) is 0 Å². The van der Waals surface area contributed by atoms with E-state index in [0.29, 0.717) is 5.56 Å². The van der Waals surface area contributed by atoms with E-state index < -0.39 is 46.8 Å². The average Bonchev–Trinajstić information content (AvgIpc) is 3.38. The maximum absolute atomic E-state index is 15.5. The third-order valence-corrected chi connectivity index (χ3v) is 8.59. The molecule has 4 aromatic rings. The van der Waals surface area contributed by atoms with E-state index in [0.717, 1.165) is 42.1 Å². The topological polar surface area (TPSA) is 60.7 Å². The lowest BCUT2D eigenvalue weighted by Gasteiger charge is -2.24. The summed E-state index contributed by atoms with van der Waals surface area (Å²) in [4.78, 5) is 26.3. The summed E-state index contributed by atoms with van der Waals surface area (Å²) in [6.07, 6.45) is -5.01. The summed E-state index contributed by atoms with van der Waals surface area (Å²) in [6, 6.07) is 9.14. The first-order chi connectivity index (χ1) is 20.0. The van der Waals surface area contributed by atoms with Crippen LogP contribution in [-0.4, -0.2) is 17.4 Å². The summed E-state index contributed by atoms with van der Waals surface area (Å²) >= 11 is 1.10. The van der Waals surface area contributed by atoms with Crippen LogP contribution in [0.3, 0.4) is 0 Å². The third kappa shape index (κ3) is 5.08. The maximum Gasteiger partial charge on any atom is 0.416 e. The normalized spacial score (nSPS) is 15.4. The van der Waals surface area contributed by atoms with Crippen LogP contribution in [0, 0.1) is 29.3 Å². The van der Waals surface area contributed by atoms with Crippen LogP contribution in [0.4, 0.5) is 26.3 Å². The second kappa shape index (κ2) is 11.3. The summed E-state index contributed by atoms with van der Waals surface area (Å²) in [6.45, 7) is 1.53. The quantitative estimate of drug-likeness (QED) is 0.158. The Hall–Kier alpha value is -4.06. The van der Waals surface area contributed by atoms with Crippen molar-refractivity contribution in [1.29, 1.82) is 0 Å². The van der Waals surface area contributed by atoms with Gasteiger partial charge in [0.25, 0.3) is 5.56 Å². The van der Waals surface area contributed by atoms with Crippen LogP contribution in [0.1, 0.15) is 39.9 Å². The number of hydrogen-bond donors (Lipinski definition) is 0. The molecule has 0 fully saturated rings. The van der Waals surface area contributed by atoms with Crippen LogP contribution in [0.25, 0.3) is 11.1 Å². The van der Waals surface area contributed by atoms with Crippen LogP contribution in [0.15, 0.2) is 75.7 Å². The molecule has 1 aliphatic rings. The van der Waals surface area contributed by atoms with Gasteiger partial charge in [-0.15, -0.1) is 11.8 Å². The Morgan fingerprint density at radius 3 is 2.33 bits per heavy atom. The van der Waals surface area contributed by atoms with Gasteiger partial charge in [0.15, 0.2) is 11.6 Å². The smallest absolute Gasteiger partial charge is 0.416 e. The summed E-state index contributed by atoms with van der Waals surface area (Å²) < 4.78 is 91.7. The van der Waals surface area contributed by atoms with Gasteiger partial charge in [-0.3, -0.25) is 9.36 Å². The molecule has 2 unspecified atom stereocenters. The lowest BCUT2D eigenvalue weighted by molar-refractivity contribution is -0.137. The SMILES string of the molecule is COc1cccc(-c2c(C)c(Cc3c(F)cccc3F)c3n(c2=O)C(C(N=O)c2cccc(C(F)(F)F)c2)CS3)c1F. The van der Waals surface area contributed by atoms with Crippen molar-refractivity contribution in [2.45, 2.75) is 36.6 Å². The molecule has 0 amide bonds. The first-order valence-corrected chi connectivity index (χ1v) is 13.6. The van der Waals surface area contributed by atoms with Crippen LogP contribution >= 0.6 is 11.8 Å². The fourth-order valence-corrected chi connectivity index (χ4v) is 6.69. The molecule has 0 N–H and O–H groups in total. The molecule has 5 nitrogen and oxygen atoms in total. The minimum atomic E-state index is -4.69. The molecule has 42 heavy (non-hydrogen) atoms. The molecule has 218 valence electrons. The van der Waals surface area contributed by atoms with E-state index in [-0.39, 0.29) is 50.8 Å². The Bertz CT molecular complexity index is 1730. The molecule has 0 bridgehead atoms. The molecule has 3 aromatic carbocycles. The van der Waals surface area contributed by atoms with E-state index >= 15 is 4.39 Å². The molecule has 12 heteroatoms. The molecule has 0 saturated carbocycles. The van der Waals surface area contributed by atoms with Crippen molar-refractivity contribution >= 4 is 11.8 Å². The highest BCUT2D eigenvalue weighted by Crippen LogP contribution is 2.46. The van der Waals surface area contributed by atoms with Crippen molar-refractivity contribution in [2.24, 2.45) is 5.18 Å². The Morgan fingerprint density at radius 2 is 1.69 bits per heavy atom. The number of benzene rings is 3. The number of thioether (sulfide) groups is 1. The minimum absolute atomic E-state index is 0.0398. The number of fused-ring (bicyclic) bond motifs is 1. The van der Waals surface area contributed by atoms with Gasteiger partial charge in [-0.05, 0) is 53.9 Å². The molecule has 0 saturated heterocycles. The van der Waals surface area contributed by atoms with E-state index in [1.807, 2.05) is 0 Å². The van der Waals surface area contributed by atoms with Crippen molar-refractivity contribution in [3.05, 3.63) is 121 Å². The van der Waals surface area contributed by atoms with E-state index in [9.17, 15) is 31.7 Å². The number of halogens is 6. The standard InChI is InChI=1S/C30H22F6N2O3S/c1-15-19(13-20-21(31)9-5-10-22(20)32)29-38(28(39)25(15)18-8-4-11-24(41-2)26(18)33)23(14-42-29)27(37-40)16-6-3-7-17(12-16)30(34,35)36/h3-12,23,27H,13-14H2,1-2H3.